The smallest absolute Gasteiger partial charge is 0.223 e. The minimum absolute atomic E-state index is 0.0244. The van der Waals surface area contributed by atoms with Gasteiger partial charge in [-0.25, -0.2) is 4.98 Å². The van der Waals surface area contributed by atoms with Gasteiger partial charge in [0, 0.05) is 5.92 Å². The van der Waals surface area contributed by atoms with Crippen LogP contribution in [0.1, 0.15) is 49.9 Å². The van der Waals surface area contributed by atoms with Crippen molar-refractivity contribution in [3.05, 3.63) is 131 Å². The molecule has 0 radical (unpaired) electrons. The Labute approximate surface area is 277 Å². The Bertz CT molecular complexity index is 1730. The number of hydrogen-bond acceptors (Lipinski definition) is 6. The molecule has 2 N–H and O–H groups in total. The number of benzene rings is 3. The van der Waals surface area contributed by atoms with Crippen molar-refractivity contribution in [1.29, 1.82) is 0 Å². The summed E-state index contributed by atoms with van der Waals surface area (Å²) in [6, 6.07) is 31.2. The van der Waals surface area contributed by atoms with Gasteiger partial charge in [0.1, 0.15) is 11.1 Å². The molecule has 0 bridgehead atoms. The summed E-state index contributed by atoms with van der Waals surface area (Å²) in [6.45, 7) is 16.5. The van der Waals surface area contributed by atoms with E-state index in [9.17, 15) is 0 Å². The predicted molar refractivity (Wildman–Crippen MR) is 188 cm³/mol. The molecular weight excluding hydrogens is 610 g/mol. The lowest BCUT2D eigenvalue weighted by atomic mass is 9.80. The lowest BCUT2D eigenvalue weighted by Crippen LogP contribution is -2.46. The van der Waals surface area contributed by atoms with Crippen LogP contribution < -0.4 is 5.73 Å². The van der Waals surface area contributed by atoms with Crippen LogP contribution in [-0.2, 0) is 14.8 Å². The van der Waals surface area contributed by atoms with Crippen molar-refractivity contribution in [3.8, 4) is 0 Å². The van der Waals surface area contributed by atoms with Gasteiger partial charge >= 0.3 is 0 Å². The topological polar surface area (TPSA) is 88.1 Å². The molecule has 0 aliphatic heterocycles. The molecule has 3 aromatic carbocycles. The molecule has 6 rings (SSSR count). The highest BCUT2D eigenvalue weighted by Crippen LogP contribution is 2.48. The molecule has 0 unspecified atom stereocenters. The highest BCUT2D eigenvalue weighted by Gasteiger charge is 2.48. The highest BCUT2D eigenvalue weighted by molar-refractivity contribution is 6.74. The molecule has 1 aliphatic rings. The van der Waals surface area contributed by atoms with E-state index in [0.717, 1.165) is 22.3 Å². The van der Waals surface area contributed by atoms with E-state index >= 15 is 0 Å². The van der Waals surface area contributed by atoms with Gasteiger partial charge in [-0.05, 0) is 46.8 Å². The number of nitrogens with zero attached hydrogens (tertiary/aromatic N) is 4. The second kappa shape index (κ2) is 12.4. The molecule has 3 atom stereocenters. The van der Waals surface area contributed by atoms with E-state index in [1.54, 1.807) is 6.33 Å². The molecule has 2 heterocycles. The highest BCUT2D eigenvalue weighted by atomic mass is 35.5. The summed E-state index contributed by atoms with van der Waals surface area (Å²) in [4.78, 5) is 13.2. The van der Waals surface area contributed by atoms with Crippen molar-refractivity contribution in [1.82, 2.24) is 19.5 Å². The maximum Gasteiger partial charge on any atom is 0.223 e. The van der Waals surface area contributed by atoms with Crippen LogP contribution in [0, 0.1) is 5.92 Å². The molecule has 5 aromatic rings. The zero-order chi connectivity index (χ0) is 32.7. The van der Waals surface area contributed by atoms with Crippen LogP contribution in [0.15, 0.2) is 109 Å². The molecule has 7 nitrogen and oxygen atoms in total. The maximum absolute atomic E-state index is 7.35. The molecule has 238 valence electrons. The van der Waals surface area contributed by atoms with Gasteiger partial charge in [-0.3, -0.25) is 0 Å². The second-order valence-electron chi connectivity index (χ2n) is 13.6. The summed E-state index contributed by atoms with van der Waals surface area (Å²) in [5.74, 6) is -0.00285. The number of fused-ring (bicyclic) bond motifs is 1. The molecule has 1 saturated carbocycles. The molecule has 9 heteroatoms. The third-order valence-corrected chi connectivity index (χ3v) is 14.6. The second-order valence-corrected chi connectivity index (χ2v) is 18.8. The molecule has 0 spiro atoms. The average molecular weight is 652 g/mol. The van der Waals surface area contributed by atoms with Crippen LogP contribution in [0.5, 0.6) is 0 Å². The van der Waals surface area contributed by atoms with Crippen molar-refractivity contribution >= 4 is 37.0 Å². The lowest BCUT2D eigenvalue weighted by Gasteiger charge is -2.41. The Morgan fingerprint density at radius 1 is 0.891 bits per heavy atom. The van der Waals surface area contributed by atoms with E-state index in [2.05, 4.69) is 128 Å². The molecule has 0 amide bonds. The first kappa shape index (κ1) is 32.1. The number of halogens is 1. The quantitative estimate of drug-likeness (QED) is 0.0743. The summed E-state index contributed by atoms with van der Waals surface area (Å²) in [7, 11) is -2.18. The first-order valence-corrected chi connectivity index (χ1v) is 19.0. The minimum Gasteiger partial charge on any atom is -0.413 e. The van der Waals surface area contributed by atoms with Gasteiger partial charge in [0.2, 0.25) is 5.95 Å². The fourth-order valence-electron chi connectivity index (χ4n) is 6.32. The van der Waals surface area contributed by atoms with Crippen LogP contribution >= 0.6 is 11.6 Å². The molecule has 2 aromatic heterocycles. The van der Waals surface area contributed by atoms with Crippen molar-refractivity contribution in [2.45, 2.75) is 63.1 Å². The van der Waals surface area contributed by atoms with Crippen LogP contribution in [-0.4, -0.2) is 40.5 Å². The first-order chi connectivity index (χ1) is 21.9. The van der Waals surface area contributed by atoms with Gasteiger partial charge in [0.25, 0.3) is 0 Å². The fraction of sp³-hybridized carbons (Fsp3) is 0.324. The number of anilines is 1. The van der Waals surface area contributed by atoms with Crippen LogP contribution in [0.2, 0.25) is 23.3 Å². The Balaban J connectivity index is 1.44. The van der Waals surface area contributed by atoms with E-state index in [-0.39, 0.29) is 34.2 Å². The lowest BCUT2D eigenvalue weighted by molar-refractivity contribution is -0.0202. The fourth-order valence-corrected chi connectivity index (χ4v) is 7.91. The summed E-state index contributed by atoms with van der Waals surface area (Å²) in [5.41, 5.74) is 10.4. The van der Waals surface area contributed by atoms with Crippen molar-refractivity contribution in [2.24, 2.45) is 5.92 Å². The summed E-state index contributed by atoms with van der Waals surface area (Å²) in [5, 5.41) is 0.258. The van der Waals surface area contributed by atoms with Crippen molar-refractivity contribution in [3.63, 3.8) is 0 Å². The van der Waals surface area contributed by atoms with Crippen molar-refractivity contribution < 1.29 is 9.16 Å². The third kappa shape index (κ3) is 5.79. The van der Waals surface area contributed by atoms with Gasteiger partial charge in [-0.15, -0.1) is 0 Å². The van der Waals surface area contributed by atoms with Gasteiger partial charge in [0.15, 0.2) is 19.1 Å². The number of rotatable bonds is 9. The summed E-state index contributed by atoms with van der Waals surface area (Å²) >= 11 is 6.42. The average Bonchev–Trinajstić information content (AvgIpc) is 3.58. The molecule has 1 fully saturated rings. The number of aromatic nitrogens is 4. The third-order valence-electron chi connectivity index (χ3n) is 9.81. The Hall–Kier alpha value is -3.82. The van der Waals surface area contributed by atoms with Crippen molar-refractivity contribution in [2.75, 3.05) is 12.3 Å². The molecular formula is C37H42ClN5O2Si. The van der Waals surface area contributed by atoms with Crippen LogP contribution in [0.3, 0.4) is 0 Å². The van der Waals surface area contributed by atoms with Crippen LogP contribution in [0.4, 0.5) is 5.95 Å². The molecule has 1 aliphatic carbocycles. The standard InChI is InChI=1S/C37H42ClN5O2Si/c1-25-29(23-44-37(26-16-10-7-11-17-26,27-18-12-8-13-19-27)28-20-14-9-15-21-28)31(45-46(5,6)36(2,3)4)22-30(25)43-24-40-32-33(38)41-35(39)42-34(32)43/h7-21,24,29-31H,1,22-23H2,2-6H3,(H2,39,41,42)/t29-,30-,31-/m0/s1. The Morgan fingerprint density at radius 2 is 1.41 bits per heavy atom. The van der Waals surface area contributed by atoms with Gasteiger partial charge in [-0.1, -0.05) is 130 Å². The summed E-state index contributed by atoms with van der Waals surface area (Å²) in [6.07, 6.45) is 2.32. The largest absolute Gasteiger partial charge is 0.413 e. The first-order valence-electron chi connectivity index (χ1n) is 15.7. The van der Waals surface area contributed by atoms with Gasteiger partial charge in [0.05, 0.1) is 25.1 Å². The monoisotopic (exact) mass is 651 g/mol. The predicted octanol–water partition coefficient (Wildman–Crippen LogP) is 8.58. The van der Waals surface area contributed by atoms with Gasteiger partial charge < -0.3 is 19.5 Å². The Morgan fingerprint density at radius 3 is 1.91 bits per heavy atom. The zero-order valence-electron chi connectivity index (χ0n) is 27.2. The number of hydrogen-bond donors (Lipinski definition) is 1. The number of ether oxygens (including phenoxy) is 1. The Kier molecular flexibility index (Phi) is 8.67. The summed E-state index contributed by atoms with van der Waals surface area (Å²) < 4.78 is 16.6. The van der Waals surface area contributed by atoms with E-state index in [0.29, 0.717) is 24.2 Å². The minimum atomic E-state index is -2.18. The SMILES string of the molecule is C=C1[C@H](COC(c2ccccc2)(c2ccccc2)c2ccccc2)[C@@H](O[Si](C)(C)C(C)(C)C)C[C@@H]1n1cnc2c(Cl)nc(N)nc21. The maximum atomic E-state index is 7.35. The number of nitrogens with two attached hydrogens (primary N) is 1. The van der Waals surface area contributed by atoms with E-state index in [1.807, 2.05) is 22.8 Å². The normalized spacial score (nSPS) is 19.2. The number of imidazole rings is 1. The van der Waals surface area contributed by atoms with Gasteiger partial charge in [-0.2, -0.15) is 9.97 Å². The molecule has 0 saturated heterocycles. The molecule has 46 heavy (non-hydrogen) atoms. The number of nitrogen functional groups attached to an aromatic ring is 1. The van der Waals surface area contributed by atoms with E-state index in [4.69, 9.17) is 26.5 Å². The zero-order valence-corrected chi connectivity index (χ0v) is 28.9. The van der Waals surface area contributed by atoms with E-state index < -0.39 is 13.9 Å². The van der Waals surface area contributed by atoms with Crippen LogP contribution in [0.25, 0.3) is 11.2 Å². The van der Waals surface area contributed by atoms with E-state index in [1.165, 1.54) is 0 Å².